The largest absolute Gasteiger partial charge is 0.0617 e. The summed E-state index contributed by atoms with van der Waals surface area (Å²) in [6.07, 6.45) is 2.92. The molecule has 0 unspecified atom stereocenters. The number of benzene rings is 4. The van der Waals surface area contributed by atoms with Gasteiger partial charge in [-0.15, -0.1) is 0 Å². The molecule has 0 heteroatoms. The van der Waals surface area contributed by atoms with Crippen LogP contribution in [0.2, 0.25) is 0 Å². The Balaban J connectivity index is 1.68. The van der Waals surface area contributed by atoms with Crippen molar-refractivity contribution < 1.29 is 0 Å². The monoisotopic (exact) mass is 416 g/mol. The van der Waals surface area contributed by atoms with E-state index in [1.54, 1.807) is 0 Å². The van der Waals surface area contributed by atoms with Gasteiger partial charge in [0.25, 0.3) is 0 Å². The molecule has 4 aromatic rings. The average Bonchev–Trinajstić information content (AvgIpc) is 2.73. The van der Waals surface area contributed by atoms with Gasteiger partial charge in [-0.25, -0.2) is 0 Å². The Labute approximate surface area is 193 Å². The standard InChI is InChI=1S/C32H32/c1-32(2,3)31-29-14-6-12-27(21-29)19-25-10-4-8-23(17-25)16-24-9-5-11-26(18-24)20-28-13-7-15-30(31)22-28/h4-15,17-18,21-22,31H,16,19-20H2,1-3H3. The van der Waals surface area contributed by atoms with Crippen molar-refractivity contribution in [2.75, 3.05) is 0 Å². The minimum Gasteiger partial charge on any atom is -0.0617 e. The summed E-state index contributed by atoms with van der Waals surface area (Å²) < 4.78 is 0. The third-order valence-electron chi connectivity index (χ3n) is 6.64. The molecule has 0 saturated heterocycles. The van der Waals surface area contributed by atoms with Crippen LogP contribution in [0.15, 0.2) is 97.1 Å². The Morgan fingerprint density at radius 3 is 1.12 bits per heavy atom. The second-order valence-electron chi connectivity index (χ2n) is 10.5. The lowest BCUT2D eigenvalue weighted by Gasteiger charge is -2.32. The van der Waals surface area contributed by atoms with E-state index in [1.165, 1.54) is 44.5 Å². The van der Waals surface area contributed by atoms with Crippen LogP contribution in [-0.2, 0) is 19.3 Å². The summed E-state index contributed by atoms with van der Waals surface area (Å²) in [7, 11) is 0. The maximum Gasteiger partial charge on any atom is 0.0138 e. The van der Waals surface area contributed by atoms with Crippen molar-refractivity contribution in [3.05, 3.63) is 142 Å². The van der Waals surface area contributed by atoms with E-state index in [9.17, 15) is 0 Å². The first-order chi connectivity index (χ1) is 15.4. The van der Waals surface area contributed by atoms with E-state index < -0.39 is 0 Å². The van der Waals surface area contributed by atoms with Crippen LogP contribution < -0.4 is 0 Å². The second-order valence-corrected chi connectivity index (χ2v) is 10.5. The third-order valence-corrected chi connectivity index (χ3v) is 6.64. The molecule has 0 saturated carbocycles. The molecule has 0 nitrogen and oxygen atoms in total. The minimum atomic E-state index is 0.127. The van der Waals surface area contributed by atoms with E-state index in [2.05, 4.69) is 118 Å². The fraction of sp³-hybridized carbons (Fsp3) is 0.250. The van der Waals surface area contributed by atoms with Crippen LogP contribution in [0.4, 0.5) is 0 Å². The van der Waals surface area contributed by atoms with Crippen LogP contribution >= 0.6 is 0 Å². The van der Waals surface area contributed by atoms with Crippen molar-refractivity contribution in [2.24, 2.45) is 5.41 Å². The van der Waals surface area contributed by atoms with E-state index in [0.29, 0.717) is 5.92 Å². The summed E-state index contributed by atoms with van der Waals surface area (Å²) in [6.45, 7) is 7.09. The lowest BCUT2D eigenvalue weighted by atomic mass is 9.72. The molecule has 5 rings (SSSR count). The summed E-state index contributed by atoms with van der Waals surface area (Å²) in [5.74, 6) is 0.355. The molecule has 0 spiro atoms. The molecule has 0 heterocycles. The van der Waals surface area contributed by atoms with Crippen molar-refractivity contribution in [3.63, 3.8) is 0 Å². The Morgan fingerprint density at radius 2 is 0.781 bits per heavy atom. The highest BCUT2D eigenvalue weighted by atomic mass is 14.3. The Bertz CT molecular complexity index is 1150. The molecule has 32 heavy (non-hydrogen) atoms. The molecular formula is C32H32. The van der Waals surface area contributed by atoms with Gasteiger partial charge in [-0.2, -0.15) is 0 Å². The Hall–Kier alpha value is -3.12. The summed E-state index contributed by atoms with van der Waals surface area (Å²) in [4.78, 5) is 0. The molecular weight excluding hydrogens is 384 g/mol. The summed E-state index contributed by atoms with van der Waals surface area (Å²) >= 11 is 0. The highest BCUT2D eigenvalue weighted by Gasteiger charge is 2.28. The summed E-state index contributed by atoms with van der Waals surface area (Å²) in [5, 5.41) is 0. The van der Waals surface area contributed by atoms with Gasteiger partial charge in [0.05, 0.1) is 0 Å². The third kappa shape index (κ3) is 4.55. The van der Waals surface area contributed by atoms with Crippen molar-refractivity contribution in [3.8, 4) is 0 Å². The SMILES string of the molecule is CC(C)(C)C1c2cccc(c2)Cc2cccc(c2)Cc2cccc(c2)Cc2cccc1c2. The van der Waals surface area contributed by atoms with Gasteiger partial charge in [-0.05, 0) is 69.2 Å². The van der Waals surface area contributed by atoms with E-state index in [0.717, 1.165) is 19.3 Å². The highest BCUT2D eigenvalue weighted by Crippen LogP contribution is 2.41. The maximum atomic E-state index is 2.43. The zero-order valence-corrected chi connectivity index (χ0v) is 19.4. The van der Waals surface area contributed by atoms with Crippen LogP contribution in [0.5, 0.6) is 0 Å². The second kappa shape index (κ2) is 8.43. The normalized spacial score (nSPS) is 14.2. The Kier molecular flexibility index (Phi) is 5.47. The average molecular weight is 417 g/mol. The van der Waals surface area contributed by atoms with Crippen LogP contribution in [0.3, 0.4) is 0 Å². The number of fused-ring (bicyclic) bond motifs is 8. The van der Waals surface area contributed by atoms with Gasteiger partial charge in [0.2, 0.25) is 0 Å². The molecule has 0 aromatic heterocycles. The minimum absolute atomic E-state index is 0.127. The van der Waals surface area contributed by atoms with Gasteiger partial charge in [0.1, 0.15) is 0 Å². The number of hydrogen-bond acceptors (Lipinski definition) is 0. The van der Waals surface area contributed by atoms with Gasteiger partial charge >= 0.3 is 0 Å². The highest BCUT2D eigenvalue weighted by molar-refractivity contribution is 5.42. The van der Waals surface area contributed by atoms with Crippen LogP contribution in [0, 0.1) is 5.41 Å². The smallest absolute Gasteiger partial charge is 0.0138 e. The molecule has 160 valence electrons. The fourth-order valence-corrected chi connectivity index (χ4v) is 5.36. The lowest BCUT2D eigenvalue weighted by molar-refractivity contribution is 0.358. The van der Waals surface area contributed by atoms with Crippen molar-refractivity contribution in [1.82, 2.24) is 0 Å². The lowest BCUT2D eigenvalue weighted by Crippen LogP contribution is -2.20. The molecule has 4 aromatic carbocycles. The maximum absolute atomic E-state index is 2.43. The summed E-state index contributed by atoms with van der Waals surface area (Å²) in [6, 6.07) is 36.8. The van der Waals surface area contributed by atoms with Crippen molar-refractivity contribution in [2.45, 2.75) is 46.0 Å². The van der Waals surface area contributed by atoms with Crippen molar-refractivity contribution >= 4 is 0 Å². The van der Waals surface area contributed by atoms with E-state index >= 15 is 0 Å². The van der Waals surface area contributed by atoms with Gasteiger partial charge in [-0.1, -0.05) is 118 Å². The predicted molar refractivity (Wildman–Crippen MR) is 135 cm³/mol. The zero-order chi connectivity index (χ0) is 22.1. The van der Waals surface area contributed by atoms with Crippen LogP contribution in [0.1, 0.15) is 71.2 Å². The molecule has 0 N–H and O–H groups in total. The van der Waals surface area contributed by atoms with E-state index in [1.807, 2.05) is 0 Å². The quantitative estimate of drug-likeness (QED) is 0.273. The molecule has 0 amide bonds. The molecule has 0 atom stereocenters. The van der Waals surface area contributed by atoms with Gasteiger partial charge in [0.15, 0.2) is 0 Å². The first-order valence-corrected chi connectivity index (χ1v) is 11.8. The van der Waals surface area contributed by atoms with Crippen molar-refractivity contribution in [1.29, 1.82) is 0 Å². The molecule has 1 aliphatic carbocycles. The van der Waals surface area contributed by atoms with Gasteiger partial charge in [-0.3, -0.25) is 0 Å². The van der Waals surface area contributed by atoms with Gasteiger partial charge in [0, 0.05) is 5.92 Å². The topological polar surface area (TPSA) is 0 Å². The number of hydrogen-bond donors (Lipinski definition) is 0. The van der Waals surface area contributed by atoms with E-state index in [-0.39, 0.29) is 5.41 Å². The molecule has 8 bridgehead atoms. The zero-order valence-electron chi connectivity index (χ0n) is 19.4. The van der Waals surface area contributed by atoms with E-state index in [4.69, 9.17) is 0 Å². The first kappa shape index (κ1) is 20.8. The van der Waals surface area contributed by atoms with Crippen LogP contribution in [0.25, 0.3) is 0 Å². The van der Waals surface area contributed by atoms with Crippen LogP contribution in [-0.4, -0.2) is 0 Å². The first-order valence-electron chi connectivity index (χ1n) is 11.8. The molecule has 0 radical (unpaired) electrons. The molecule has 0 fully saturated rings. The Morgan fingerprint density at radius 1 is 0.469 bits per heavy atom. The predicted octanol–water partition coefficient (Wildman–Crippen LogP) is 7.95. The number of rotatable bonds is 0. The summed E-state index contributed by atoms with van der Waals surface area (Å²) in [5.41, 5.74) is 11.3. The molecule has 1 aliphatic rings. The molecule has 0 aliphatic heterocycles. The van der Waals surface area contributed by atoms with Gasteiger partial charge < -0.3 is 0 Å². The fourth-order valence-electron chi connectivity index (χ4n) is 5.36.